The van der Waals surface area contributed by atoms with Crippen molar-refractivity contribution in [1.29, 1.82) is 0 Å². The van der Waals surface area contributed by atoms with E-state index in [0.717, 1.165) is 23.6 Å². The second kappa shape index (κ2) is 5.69. The molecule has 0 saturated heterocycles. The molecule has 2 rings (SSSR count). The number of aromatic nitrogens is 2. The van der Waals surface area contributed by atoms with Gasteiger partial charge in [-0.15, -0.1) is 0 Å². The molecule has 1 heterocycles. The minimum absolute atomic E-state index is 0.669. The predicted molar refractivity (Wildman–Crippen MR) is 80.2 cm³/mol. The van der Waals surface area contributed by atoms with E-state index in [1.807, 2.05) is 27.1 Å². The van der Waals surface area contributed by atoms with Gasteiger partial charge < -0.3 is 10.2 Å². The van der Waals surface area contributed by atoms with Gasteiger partial charge in [0.05, 0.1) is 0 Å². The summed E-state index contributed by atoms with van der Waals surface area (Å²) in [5.41, 5.74) is 3.43. The first-order valence-electron chi connectivity index (χ1n) is 6.49. The van der Waals surface area contributed by atoms with Crippen LogP contribution in [0.15, 0.2) is 30.5 Å². The van der Waals surface area contributed by atoms with Crippen molar-refractivity contribution in [1.82, 2.24) is 9.97 Å². The van der Waals surface area contributed by atoms with Crippen LogP contribution in [0.3, 0.4) is 0 Å². The fourth-order valence-electron chi connectivity index (χ4n) is 1.91. The zero-order chi connectivity index (χ0) is 13.8. The summed E-state index contributed by atoms with van der Waals surface area (Å²) in [4.78, 5) is 10.9. The van der Waals surface area contributed by atoms with E-state index in [-0.39, 0.29) is 0 Å². The first-order valence-corrected chi connectivity index (χ1v) is 6.49. The van der Waals surface area contributed by atoms with Crippen molar-refractivity contribution >= 4 is 17.5 Å². The van der Waals surface area contributed by atoms with E-state index >= 15 is 0 Å². The molecule has 4 nitrogen and oxygen atoms in total. The van der Waals surface area contributed by atoms with E-state index in [0.29, 0.717) is 5.95 Å². The van der Waals surface area contributed by atoms with Crippen LogP contribution in [0.25, 0.3) is 0 Å². The molecule has 0 amide bonds. The van der Waals surface area contributed by atoms with E-state index in [1.54, 1.807) is 0 Å². The molecule has 1 aromatic heterocycles. The average molecular weight is 256 g/mol. The number of hydrogen-bond acceptors (Lipinski definition) is 4. The van der Waals surface area contributed by atoms with Crippen LogP contribution in [0.2, 0.25) is 0 Å². The Morgan fingerprint density at radius 2 is 1.84 bits per heavy atom. The Kier molecular flexibility index (Phi) is 4.00. The summed E-state index contributed by atoms with van der Waals surface area (Å²) in [5, 5.41) is 3.14. The Morgan fingerprint density at radius 1 is 1.16 bits per heavy atom. The minimum Gasteiger partial charge on any atom is -0.354 e. The molecule has 0 aliphatic heterocycles. The summed E-state index contributed by atoms with van der Waals surface area (Å²) >= 11 is 0. The van der Waals surface area contributed by atoms with E-state index < -0.39 is 0 Å². The Labute approximate surface area is 114 Å². The smallest absolute Gasteiger partial charge is 0.224 e. The zero-order valence-electron chi connectivity index (χ0n) is 11.9. The maximum Gasteiger partial charge on any atom is 0.224 e. The molecular formula is C15H20N4. The van der Waals surface area contributed by atoms with E-state index in [9.17, 15) is 0 Å². The number of nitrogens with zero attached hydrogens (tertiary/aromatic N) is 3. The van der Waals surface area contributed by atoms with Gasteiger partial charge in [0, 0.05) is 31.0 Å². The van der Waals surface area contributed by atoms with Gasteiger partial charge >= 0.3 is 0 Å². The molecule has 0 bridgehead atoms. The summed E-state index contributed by atoms with van der Waals surface area (Å²) in [6.45, 7) is 6.96. The van der Waals surface area contributed by atoms with Crippen molar-refractivity contribution in [3.05, 3.63) is 41.6 Å². The molecule has 4 heteroatoms. The van der Waals surface area contributed by atoms with Crippen molar-refractivity contribution in [3.63, 3.8) is 0 Å². The molecule has 1 aromatic carbocycles. The van der Waals surface area contributed by atoms with Gasteiger partial charge in [-0.25, -0.2) is 4.98 Å². The topological polar surface area (TPSA) is 41.1 Å². The maximum atomic E-state index is 4.56. The number of aryl methyl sites for hydroxylation is 2. The summed E-state index contributed by atoms with van der Waals surface area (Å²) in [5.74, 6) is 1.59. The molecule has 0 saturated carbocycles. The van der Waals surface area contributed by atoms with Crippen molar-refractivity contribution in [2.45, 2.75) is 20.8 Å². The van der Waals surface area contributed by atoms with Gasteiger partial charge in [-0.3, -0.25) is 0 Å². The predicted octanol–water partition coefficient (Wildman–Crippen LogP) is 3.29. The molecule has 0 radical (unpaired) electrons. The van der Waals surface area contributed by atoms with Gasteiger partial charge in [-0.2, -0.15) is 4.98 Å². The fourth-order valence-corrected chi connectivity index (χ4v) is 1.91. The van der Waals surface area contributed by atoms with E-state index in [2.05, 4.69) is 51.4 Å². The Morgan fingerprint density at radius 3 is 2.47 bits per heavy atom. The molecule has 0 aliphatic carbocycles. The normalized spacial score (nSPS) is 10.3. The van der Waals surface area contributed by atoms with E-state index in [1.165, 1.54) is 5.56 Å². The monoisotopic (exact) mass is 256 g/mol. The molecule has 19 heavy (non-hydrogen) atoms. The third-order valence-electron chi connectivity index (χ3n) is 3.02. The second-order valence-electron chi connectivity index (χ2n) is 4.63. The standard InChI is InChI=1S/C15H20N4/c1-5-16-15-17-10-12(3)14(18-15)19(4)13-8-6-11(2)7-9-13/h6-10H,5H2,1-4H3,(H,16,17,18). The summed E-state index contributed by atoms with van der Waals surface area (Å²) in [7, 11) is 2.02. The molecule has 1 N–H and O–H groups in total. The molecular weight excluding hydrogens is 236 g/mol. The molecule has 0 spiro atoms. The molecule has 100 valence electrons. The lowest BCUT2D eigenvalue weighted by atomic mass is 10.2. The summed E-state index contributed by atoms with van der Waals surface area (Å²) in [6.07, 6.45) is 1.85. The van der Waals surface area contributed by atoms with Crippen molar-refractivity contribution in [3.8, 4) is 0 Å². The summed E-state index contributed by atoms with van der Waals surface area (Å²) < 4.78 is 0. The molecule has 2 aromatic rings. The van der Waals surface area contributed by atoms with Crippen LogP contribution in [0, 0.1) is 13.8 Å². The van der Waals surface area contributed by atoms with Gasteiger partial charge in [-0.05, 0) is 32.9 Å². The zero-order valence-corrected chi connectivity index (χ0v) is 11.9. The fraction of sp³-hybridized carbons (Fsp3) is 0.333. The quantitative estimate of drug-likeness (QED) is 0.911. The van der Waals surface area contributed by atoms with Crippen LogP contribution in [-0.2, 0) is 0 Å². The van der Waals surface area contributed by atoms with Crippen LogP contribution in [0.5, 0.6) is 0 Å². The lowest BCUT2D eigenvalue weighted by Gasteiger charge is -2.21. The van der Waals surface area contributed by atoms with Gasteiger partial charge in [0.1, 0.15) is 5.82 Å². The van der Waals surface area contributed by atoms with Gasteiger partial charge in [0.25, 0.3) is 0 Å². The highest BCUT2D eigenvalue weighted by atomic mass is 15.2. The second-order valence-corrected chi connectivity index (χ2v) is 4.63. The van der Waals surface area contributed by atoms with Crippen molar-refractivity contribution in [2.75, 3.05) is 23.8 Å². The van der Waals surface area contributed by atoms with Gasteiger partial charge in [0.2, 0.25) is 5.95 Å². The van der Waals surface area contributed by atoms with Crippen LogP contribution in [0.4, 0.5) is 17.5 Å². The number of hydrogen-bond donors (Lipinski definition) is 1. The van der Waals surface area contributed by atoms with Crippen LogP contribution in [0.1, 0.15) is 18.1 Å². The highest BCUT2D eigenvalue weighted by Crippen LogP contribution is 2.25. The largest absolute Gasteiger partial charge is 0.354 e. The molecule has 0 atom stereocenters. The number of benzene rings is 1. The van der Waals surface area contributed by atoms with E-state index in [4.69, 9.17) is 0 Å². The van der Waals surface area contributed by atoms with Gasteiger partial charge in [-0.1, -0.05) is 17.7 Å². The summed E-state index contributed by atoms with van der Waals surface area (Å²) in [6, 6.07) is 8.41. The highest BCUT2D eigenvalue weighted by Gasteiger charge is 2.10. The third kappa shape index (κ3) is 3.02. The number of nitrogens with one attached hydrogen (secondary N) is 1. The van der Waals surface area contributed by atoms with Crippen LogP contribution < -0.4 is 10.2 Å². The lowest BCUT2D eigenvalue weighted by molar-refractivity contribution is 1.03. The Hall–Kier alpha value is -2.10. The first kappa shape index (κ1) is 13.3. The SMILES string of the molecule is CCNc1ncc(C)c(N(C)c2ccc(C)cc2)n1. The van der Waals surface area contributed by atoms with Crippen molar-refractivity contribution < 1.29 is 0 Å². The molecule has 0 fully saturated rings. The average Bonchev–Trinajstić information content (AvgIpc) is 2.41. The van der Waals surface area contributed by atoms with Crippen molar-refractivity contribution in [2.24, 2.45) is 0 Å². The number of rotatable bonds is 4. The Bertz CT molecular complexity index is 549. The molecule has 0 unspecified atom stereocenters. The third-order valence-corrected chi connectivity index (χ3v) is 3.02. The van der Waals surface area contributed by atoms with Gasteiger partial charge in [0.15, 0.2) is 0 Å². The maximum absolute atomic E-state index is 4.56. The molecule has 0 aliphatic rings. The minimum atomic E-state index is 0.669. The highest BCUT2D eigenvalue weighted by molar-refractivity contribution is 5.62. The Balaban J connectivity index is 2.34. The first-order chi connectivity index (χ1) is 9.11. The number of anilines is 3. The van der Waals surface area contributed by atoms with Crippen LogP contribution in [-0.4, -0.2) is 23.6 Å². The van der Waals surface area contributed by atoms with Crippen LogP contribution >= 0.6 is 0 Å². The lowest BCUT2D eigenvalue weighted by Crippen LogP contribution is -2.14.